The summed E-state index contributed by atoms with van der Waals surface area (Å²) >= 11 is 0. The van der Waals surface area contributed by atoms with Gasteiger partial charge < -0.3 is 28.8 Å². The Morgan fingerprint density at radius 3 is 0.989 bits per heavy atom. The number of aliphatic hydroxyl groups excluding tert-OH is 1. The quantitative estimate of drug-likeness (QED) is 0.0272. The molecule has 0 saturated heterocycles. The van der Waals surface area contributed by atoms with Crippen molar-refractivity contribution in [3.8, 4) is 0 Å². The number of phosphoric acid groups is 1. The van der Waals surface area contributed by atoms with E-state index < -0.39 is 20.0 Å². The van der Waals surface area contributed by atoms with Crippen LogP contribution in [0.25, 0.3) is 0 Å². The van der Waals surface area contributed by atoms with Crippen LogP contribution in [-0.4, -0.2) is 68.5 Å². The van der Waals surface area contributed by atoms with Gasteiger partial charge in [0.05, 0.1) is 39.9 Å². The lowest BCUT2D eigenvalue weighted by Gasteiger charge is -2.30. The van der Waals surface area contributed by atoms with E-state index in [9.17, 15) is 19.4 Å². The molecule has 0 saturated carbocycles. The van der Waals surface area contributed by atoms with Crippen LogP contribution in [0.4, 0.5) is 0 Å². The first kappa shape index (κ1) is 87.9. The molecule has 0 aromatic carbocycles. The number of carbonyl (C=O) groups is 1. The van der Waals surface area contributed by atoms with Crippen LogP contribution in [0.2, 0.25) is 0 Å². The zero-order valence-corrected chi connectivity index (χ0v) is 61.5. The van der Waals surface area contributed by atoms with Crippen molar-refractivity contribution in [3.05, 3.63) is 72.9 Å². The Balaban J connectivity index is 3.94. The molecule has 0 aliphatic heterocycles. The Morgan fingerprint density at radius 1 is 0.400 bits per heavy atom. The van der Waals surface area contributed by atoms with E-state index in [2.05, 4.69) is 92.1 Å². The Bertz CT molecular complexity index is 1700. The van der Waals surface area contributed by atoms with Crippen LogP contribution in [0, 0.1) is 0 Å². The normalized spacial score (nSPS) is 13.9. The summed E-state index contributed by atoms with van der Waals surface area (Å²) in [6, 6.07) is -0.803. The van der Waals surface area contributed by atoms with Gasteiger partial charge in [-0.1, -0.05) is 389 Å². The standard InChI is InChI=1S/C81H153N2O6P/c1-6-8-10-12-14-16-18-20-22-24-26-28-30-32-34-36-37-38-39-40-41-42-43-44-45-47-49-51-53-55-57-59-61-63-65-67-69-71-73-75-81(85)82-79(78-89-90(86,87)88-77-76-83(3,4)5)80(84)74-72-70-68-66-64-62-60-58-56-54-52-50-48-46-35-33-31-29-27-25-23-21-19-17-15-13-11-9-7-2/h8,10,14,16,20,22,26,28,32,34,37-38,79-80,84H,6-7,9,11-13,15,17-19,21,23-25,27,29-31,33,35-36,39-78H2,1-5H3,(H-,82,85,86,87)/b10-8-,16-14-,22-20-,28-26-,34-32-,38-37-. The van der Waals surface area contributed by atoms with E-state index in [1.54, 1.807) is 0 Å². The van der Waals surface area contributed by atoms with Gasteiger partial charge in [-0.2, -0.15) is 0 Å². The Hall–Kier alpha value is -2.06. The molecule has 90 heavy (non-hydrogen) atoms. The molecule has 528 valence electrons. The molecule has 0 aliphatic carbocycles. The molecule has 0 aromatic rings. The molecule has 0 heterocycles. The van der Waals surface area contributed by atoms with Gasteiger partial charge >= 0.3 is 0 Å². The number of carbonyl (C=O) groups excluding carboxylic acids is 1. The van der Waals surface area contributed by atoms with Crippen molar-refractivity contribution in [1.29, 1.82) is 0 Å². The summed E-state index contributed by atoms with van der Waals surface area (Å²) < 4.78 is 23.6. The van der Waals surface area contributed by atoms with Crippen LogP contribution in [0.15, 0.2) is 72.9 Å². The second kappa shape index (κ2) is 71.2. The molecule has 3 unspecified atom stereocenters. The lowest BCUT2D eigenvalue weighted by molar-refractivity contribution is -0.870. The predicted molar refractivity (Wildman–Crippen MR) is 394 cm³/mol. The largest absolute Gasteiger partial charge is 0.756 e. The molecule has 1 amide bonds. The van der Waals surface area contributed by atoms with E-state index in [-0.39, 0.29) is 19.1 Å². The predicted octanol–water partition coefficient (Wildman–Crippen LogP) is 25.0. The number of amides is 1. The van der Waals surface area contributed by atoms with Gasteiger partial charge in [-0.25, -0.2) is 0 Å². The minimum absolute atomic E-state index is 0.0130. The number of rotatable bonds is 73. The van der Waals surface area contributed by atoms with Crippen molar-refractivity contribution < 1.29 is 32.9 Å². The van der Waals surface area contributed by atoms with E-state index >= 15 is 0 Å². The Kier molecular flexibility index (Phi) is 69.6. The first-order valence-corrected chi connectivity index (χ1v) is 40.7. The molecule has 0 rings (SSSR count). The topological polar surface area (TPSA) is 108 Å². The second-order valence-electron chi connectivity index (χ2n) is 28.0. The number of aliphatic hydroxyl groups is 1. The van der Waals surface area contributed by atoms with Crippen molar-refractivity contribution >= 4 is 13.7 Å². The first-order valence-electron chi connectivity index (χ1n) is 39.3. The molecule has 0 bridgehead atoms. The SMILES string of the molecule is CC/C=C\C/C=C\C/C=C\C/C=C\C/C=C\C/C=C\CCCCCCCCCCCCCCCCCCCCCCC(=O)NC(COP(=O)([O-])OCC[N+](C)(C)C)C(O)CCCCCCCCCCCCCCCCCCCCCCCCCCCCCCC. The second-order valence-corrected chi connectivity index (χ2v) is 29.5. The van der Waals surface area contributed by atoms with Crippen LogP contribution in [0.5, 0.6) is 0 Å². The zero-order chi connectivity index (χ0) is 65.5. The van der Waals surface area contributed by atoms with Gasteiger partial charge in [0.2, 0.25) is 5.91 Å². The summed E-state index contributed by atoms with van der Waals surface area (Å²) in [6.07, 6.45) is 100. The highest BCUT2D eigenvalue weighted by molar-refractivity contribution is 7.45. The number of quaternary nitrogens is 1. The van der Waals surface area contributed by atoms with Gasteiger partial charge in [-0.3, -0.25) is 9.36 Å². The number of likely N-dealkylation sites (N-methyl/N-ethyl adjacent to an activating group) is 1. The zero-order valence-electron chi connectivity index (χ0n) is 60.6. The lowest BCUT2D eigenvalue weighted by atomic mass is 10.0. The van der Waals surface area contributed by atoms with Crippen molar-refractivity contribution in [2.24, 2.45) is 0 Å². The van der Waals surface area contributed by atoms with Gasteiger partial charge in [-0.15, -0.1) is 0 Å². The van der Waals surface area contributed by atoms with E-state index in [4.69, 9.17) is 9.05 Å². The summed E-state index contributed by atoms with van der Waals surface area (Å²) in [5.74, 6) is -0.158. The highest BCUT2D eigenvalue weighted by Crippen LogP contribution is 2.38. The summed E-state index contributed by atoms with van der Waals surface area (Å²) in [5.41, 5.74) is 0. The van der Waals surface area contributed by atoms with Crippen LogP contribution >= 0.6 is 7.82 Å². The maximum atomic E-state index is 13.1. The average molecular weight is 1280 g/mol. The number of unbranched alkanes of at least 4 members (excludes halogenated alkanes) is 48. The third-order valence-corrected chi connectivity index (χ3v) is 18.9. The maximum absolute atomic E-state index is 13.1. The molecule has 2 N–H and O–H groups in total. The van der Waals surface area contributed by atoms with Gasteiger partial charge in [0, 0.05) is 6.42 Å². The fraction of sp³-hybridized carbons (Fsp3) is 0.840. The van der Waals surface area contributed by atoms with Crippen molar-refractivity contribution in [1.82, 2.24) is 5.32 Å². The van der Waals surface area contributed by atoms with Crippen LogP contribution in [0.3, 0.4) is 0 Å². The molecule has 0 aromatic heterocycles. The van der Waals surface area contributed by atoms with E-state index in [0.29, 0.717) is 23.9 Å². The minimum atomic E-state index is -4.58. The van der Waals surface area contributed by atoms with Crippen LogP contribution < -0.4 is 10.2 Å². The number of hydrogen-bond donors (Lipinski definition) is 2. The molecule has 0 fully saturated rings. The lowest BCUT2D eigenvalue weighted by Crippen LogP contribution is -2.46. The molecular weight excluding hydrogens is 1130 g/mol. The number of hydrogen-bond acceptors (Lipinski definition) is 6. The molecule has 0 radical (unpaired) electrons. The van der Waals surface area contributed by atoms with Gasteiger partial charge in [-0.05, 0) is 64.2 Å². The Labute approximate surface area is 561 Å². The monoisotopic (exact) mass is 1280 g/mol. The van der Waals surface area contributed by atoms with E-state index in [1.807, 2.05) is 21.1 Å². The fourth-order valence-electron chi connectivity index (χ4n) is 11.9. The van der Waals surface area contributed by atoms with E-state index in [0.717, 1.165) is 77.0 Å². The first-order chi connectivity index (χ1) is 44.0. The molecule has 8 nitrogen and oxygen atoms in total. The minimum Gasteiger partial charge on any atom is -0.756 e. The number of nitrogens with zero attached hydrogens (tertiary/aromatic N) is 1. The maximum Gasteiger partial charge on any atom is 0.268 e. The molecular formula is C81H153N2O6P. The van der Waals surface area contributed by atoms with Gasteiger partial charge in [0.1, 0.15) is 13.2 Å². The number of nitrogens with one attached hydrogen (secondary N) is 1. The molecule has 0 spiro atoms. The van der Waals surface area contributed by atoms with Crippen LogP contribution in [0.1, 0.15) is 386 Å². The van der Waals surface area contributed by atoms with Crippen LogP contribution in [-0.2, 0) is 18.4 Å². The average Bonchev–Trinajstić information content (AvgIpc) is 3.72. The summed E-state index contributed by atoms with van der Waals surface area (Å²) in [5, 5.41) is 14.1. The molecule has 3 atom stereocenters. The third-order valence-electron chi connectivity index (χ3n) is 18.0. The highest BCUT2D eigenvalue weighted by atomic mass is 31.2. The Morgan fingerprint density at radius 2 is 0.678 bits per heavy atom. The van der Waals surface area contributed by atoms with Gasteiger partial charge in [0.25, 0.3) is 7.82 Å². The number of phosphoric ester groups is 1. The molecule has 0 aliphatic rings. The van der Waals surface area contributed by atoms with E-state index in [1.165, 1.54) is 283 Å². The summed E-state index contributed by atoms with van der Waals surface area (Å²) in [4.78, 5) is 25.7. The van der Waals surface area contributed by atoms with Crippen molar-refractivity contribution in [3.63, 3.8) is 0 Å². The summed E-state index contributed by atoms with van der Waals surface area (Å²) in [7, 11) is 1.32. The van der Waals surface area contributed by atoms with Crippen molar-refractivity contribution in [2.75, 3.05) is 40.9 Å². The number of allylic oxidation sites excluding steroid dienone is 12. The molecule has 9 heteroatoms. The third kappa shape index (κ3) is 73.4. The fourth-order valence-corrected chi connectivity index (χ4v) is 12.7. The van der Waals surface area contributed by atoms with Crippen molar-refractivity contribution in [2.45, 2.75) is 398 Å². The summed E-state index contributed by atoms with van der Waals surface area (Å²) in [6.45, 7) is 4.66. The smallest absolute Gasteiger partial charge is 0.268 e. The van der Waals surface area contributed by atoms with Gasteiger partial charge in [0.15, 0.2) is 0 Å². The highest BCUT2D eigenvalue weighted by Gasteiger charge is 2.24.